The lowest BCUT2D eigenvalue weighted by molar-refractivity contribution is -0.125. The molecule has 1 fully saturated rings. The molecule has 1 amide bonds. The van der Waals surface area contributed by atoms with Crippen molar-refractivity contribution in [2.75, 3.05) is 13.2 Å². The molecular formula is C12H24N2O2. The summed E-state index contributed by atoms with van der Waals surface area (Å²) in [5.41, 5.74) is 5.86. The van der Waals surface area contributed by atoms with Gasteiger partial charge in [0.1, 0.15) is 0 Å². The Bertz CT molecular complexity index is 221. The highest BCUT2D eigenvalue weighted by atomic mass is 16.3. The van der Waals surface area contributed by atoms with Gasteiger partial charge in [0.15, 0.2) is 0 Å². The average molecular weight is 228 g/mol. The van der Waals surface area contributed by atoms with E-state index in [2.05, 4.69) is 5.32 Å². The molecule has 16 heavy (non-hydrogen) atoms. The molecule has 3 unspecified atom stereocenters. The maximum atomic E-state index is 11.7. The van der Waals surface area contributed by atoms with Crippen LogP contribution in [0.5, 0.6) is 0 Å². The van der Waals surface area contributed by atoms with Crippen LogP contribution >= 0.6 is 0 Å². The van der Waals surface area contributed by atoms with E-state index in [0.717, 1.165) is 32.1 Å². The van der Waals surface area contributed by atoms with Crippen molar-refractivity contribution < 1.29 is 9.90 Å². The van der Waals surface area contributed by atoms with Crippen LogP contribution in [0.4, 0.5) is 0 Å². The van der Waals surface area contributed by atoms with Gasteiger partial charge in [-0.2, -0.15) is 0 Å². The van der Waals surface area contributed by atoms with Crippen molar-refractivity contribution in [3.63, 3.8) is 0 Å². The predicted octanol–water partition coefficient (Wildman–Crippen LogP) is 0.639. The molecule has 94 valence electrons. The lowest BCUT2D eigenvalue weighted by Gasteiger charge is -2.15. The zero-order valence-electron chi connectivity index (χ0n) is 10.1. The third kappa shape index (κ3) is 4.10. The number of nitrogens with one attached hydrogen (secondary N) is 1. The van der Waals surface area contributed by atoms with E-state index in [0.29, 0.717) is 12.5 Å². The summed E-state index contributed by atoms with van der Waals surface area (Å²) >= 11 is 0. The number of hydrogen-bond acceptors (Lipinski definition) is 3. The van der Waals surface area contributed by atoms with Gasteiger partial charge in [-0.3, -0.25) is 4.79 Å². The van der Waals surface area contributed by atoms with Gasteiger partial charge in [0.2, 0.25) is 5.91 Å². The number of carbonyl (C=O) groups excluding carboxylic acids is 1. The lowest BCUT2D eigenvalue weighted by Crippen LogP contribution is -2.39. The molecule has 4 N–H and O–H groups in total. The number of aliphatic hydroxyl groups excluding tert-OH is 1. The van der Waals surface area contributed by atoms with Crippen LogP contribution in [0.25, 0.3) is 0 Å². The zero-order chi connectivity index (χ0) is 12.0. The Hall–Kier alpha value is -0.610. The molecule has 0 saturated heterocycles. The summed E-state index contributed by atoms with van der Waals surface area (Å²) in [5.74, 6) is 0.461. The number of nitrogens with two attached hydrogens (primary N) is 1. The fourth-order valence-electron chi connectivity index (χ4n) is 2.20. The SMILES string of the molecule is CC(CO)CCCNC(=O)C1CCCC1N. The zero-order valence-corrected chi connectivity index (χ0v) is 10.1. The molecule has 0 aromatic rings. The van der Waals surface area contributed by atoms with Gasteiger partial charge in [0.05, 0.1) is 5.92 Å². The molecule has 4 heteroatoms. The monoisotopic (exact) mass is 228 g/mol. The molecule has 0 aliphatic heterocycles. The summed E-state index contributed by atoms with van der Waals surface area (Å²) in [6.45, 7) is 2.93. The Kier molecular flexibility index (Phi) is 5.77. The minimum Gasteiger partial charge on any atom is -0.396 e. The topological polar surface area (TPSA) is 75.3 Å². The van der Waals surface area contributed by atoms with Crippen molar-refractivity contribution in [1.29, 1.82) is 0 Å². The number of aliphatic hydroxyl groups is 1. The number of carbonyl (C=O) groups is 1. The molecule has 4 nitrogen and oxygen atoms in total. The third-order valence-electron chi connectivity index (χ3n) is 3.39. The molecule has 0 spiro atoms. The van der Waals surface area contributed by atoms with Gasteiger partial charge in [-0.25, -0.2) is 0 Å². The van der Waals surface area contributed by atoms with Crippen molar-refractivity contribution in [2.24, 2.45) is 17.6 Å². The fraction of sp³-hybridized carbons (Fsp3) is 0.917. The van der Waals surface area contributed by atoms with Crippen LogP contribution in [-0.4, -0.2) is 30.2 Å². The highest BCUT2D eigenvalue weighted by Crippen LogP contribution is 2.23. The Morgan fingerprint density at radius 1 is 1.56 bits per heavy atom. The van der Waals surface area contributed by atoms with Crippen molar-refractivity contribution >= 4 is 5.91 Å². The quantitative estimate of drug-likeness (QED) is 0.584. The van der Waals surface area contributed by atoms with E-state index in [1.54, 1.807) is 0 Å². The molecule has 0 aromatic heterocycles. The minimum atomic E-state index is 0.0234. The summed E-state index contributed by atoms with van der Waals surface area (Å²) < 4.78 is 0. The van der Waals surface area contributed by atoms with Gasteiger partial charge in [-0.05, 0) is 31.6 Å². The van der Waals surface area contributed by atoms with Crippen LogP contribution in [0, 0.1) is 11.8 Å². The average Bonchev–Trinajstić information content (AvgIpc) is 2.70. The number of amides is 1. The van der Waals surface area contributed by atoms with Gasteiger partial charge in [-0.15, -0.1) is 0 Å². The molecule has 1 aliphatic carbocycles. The molecule has 1 rings (SSSR count). The van der Waals surface area contributed by atoms with Gasteiger partial charge < -0.3 is 16.2 Å². The van der Waals surface area contributed by atoms with Gasteiger partial charge in [0.25, 0.3) is 0 Å². The van der Waals surface area contributed by atoms with Crippen LogP contribution in [0.15, 0.2) is 0 Å². The van der Waals surface area contributed by atoms with Gasteiger partial charge in [0, 0.05) is 19.2 Å². The number of hydrogen-bond donors (Lipinski definition) is 3. The summed E-state index contributed by atoms with van der Waals surface area (Å²) in [6.07, 6.45) is 4.85. The molecule has 3 atom stereocenters. The van der Waals surface area contributed by atoms with E-state index in [9.17, 15) is 4.79 Å². The van der Waals surface area contributed by atoms with Crippen molar-refractivity contribution in [1.82, 2.24) is 5.32 Å². The van der Waals surface area contributed by atoms with Crippen molar-refractivity contribution in [3.8, 4) is 0 Å². The Morgan fingerprint density at radius 2 is 2.31 bits per heavy atom. The van der Waals surface area contributed by atoms with Crippen LogP contribution in [0.3, 0.4) is 0 Å². The second-order valence-corrected chi connectivity index (χ2v) is 4.92. The second kappa shape index (κ2) is 6.86. The van der Waals surface area contributed by atoms with E-state index >= 15 is 0 Å². The predicted molar refractivity (Wildman–Crippen MR) is 63.8 cm³/mol. The maximum Gasteiger partial charge on any atom is 0.224 e. The standard InChI is InChI=1S/C12H24N2O2/c1-9(8-15)4-3-7-14-12(16)10-5-2-6-11(10)13/h9-11,15H,2-8,13H2,1H3,(H,14,16). The smallest absolute Gasteiger partial charge is 0.224 e. The van der Waals surface area contributed by atoms with E-state index in [-0.39, 0.29) is 24.5 Å². The fourth-order valence-corrected chi connectivity index (χ4v) is 2.20. The van der Waals surface area contributed by atoms with E-state index in [1.807, 2.05) is 6.92 Å². The summed E-state index contributed by atoms with van der Waals surface area (Å²) in [5, 5.41) is 11.8. The van der Waals surface area contributed by atoms with E-state index < -0.39 is 0 Å². The first-order chi connectivity index (χ1) is 7.65. The van der Waals surface area contributed by atoms with Crippen LogP contribution in [0.1, 0.15) is 39.0 Å². The maximum absolute atomic E-state index is 11.7. The van der Waals surface area contributed by atoms with Crippen LogP contribution in [0.2, 0.25) is 0 Å². The highest BCUT2D eigenvalue weighted by molar-refractivity contribution is 5.79. The van der Waals surface area contributed by atoms with Crippen molar-refractivity contribution in [2.45, 2.75) is 45.1 Å². The molecule has 1 saturated carbocycles. The first kappa shape index (κ1) is 13.5. The molecular weight excluding hydrogens is 204 g/mol. The Morgan fingerprint density at radius 3 is 2.88 bits per heavy atom. The van der Waals surface area contributed by atoms with Crippen molar-refractivity contribution in [3.05, 3.63) is 0 Å². The Balaban J connectivity index is 2.10. The summed E-state index contributed by atoms with van der Waals surface area (Å²) in [4.78, 5) is 11.7. The van der Waals surface area contributed by atoms with E-state index in [4.69, 9.17) is 10.8 Å². The summed E-state index contributed by atoms with van der Waals surface area (Å²) in [6, 6.07) is 0.0522. The highest BCUT2D eigenvalue weighted by Gasteiger charge is 2.29. The first-order valence-corrected chi connectivity index (χ1v) is 6.29. The minimum absolute atomic E-state index is 0.0234. The third-order valence-corrected chi connectivity index (χ3v) is 3.39. The molecule has 0 aromatic carbocycles. The molecule has 0 radical (unpaired) electrons. The molecule has 1 aliphatic rings. The second-order valence-electron chi connectivity index (χ2n) is 4.92. The van der Waals surface area contributed by atoms with Gasteiger partial charge >= 0.3 is 0 Å². The summed E-state index contributed by atoms with van der Waals surface area (Å²) in [7, 11) is 0. The molecule has 0 heterocycles. The molecule has 0 bridgehead atoms. The first-order valence-electron chi connectivity index (χ1n) is 6.29. The Labute approximate surface area is 97.6 Å². The normalized spacial score (nSPS) is 26.7. The van der Waals surface area contributed by atoms with E-state index in [1.165, 1.54) is 0 Å². The lowest BCUT2D eigenvalue weighted by atomic mass is 10.0. The largest absolute Gasteiger partial charge is 0.396 e. The number of rotatable bonds is 6. The van der Waals surface area contributed by atoms with Crippen LogP contribution in [-0.2, 0) is 4.79 Å². The van der Waals surface area contributed by atoms with Crippen LogP contribution < -0.4 is 11.1 Å². The van der Waals surface area contributed by atoms with Gasteiger partial charge in [-0.1, -0.05) is 13.3 Å².